The van der Waals surface area contributed by atoms with Gasteiger partial charge in [0.2, 0.25) is 11.8 Å². The van der Waals surface area contributed by atoms with Crippen LogP contribution < -0.4 is 16.7 Å². The molecule has 1 aliphatic rings. The lowest BCUT2D eigenvalue weighted by Crippen LogP contribution is -2.27. The van der Waals surface area contributed by atoms with Gasteiger partial charge in [-0.1, -0.05) is 0 Å². The molecule has 12 heteroatoms. The first-order chi connectivity index (χ1) is 16.5. The molecule has 34 heavy (non-hydrogen) atoms. The second-order valence-corrected chi connectivity index (χ2v) is 8.33. The fraction of sp³-hybridized carbons (Fsp3) is 0.273. The van der Waals surface area contributed by atoms with Crippen molar-refractivity contribution >= 4 is 28.4 Å². The van der Waals surface area contributed by atoms with E-state index in [2.05, 4.69) is 20.4 Å². The van der Waals surface area contributed by atoms with Crippen molar-refractivity contribution in [3.8, 4) is 11.6 Å². The van der Waals surface area contributed by atoms with Crippen LogP contribution in [0.25, 0.3) is 28.4 Å². The van der Waals surface area contributed by atoms with E-state index in [1.165, 1.54) is 27.5 Å². The van der Waals surface area contributed by atoms with E-state index >= 15 is 0 Å². The van der Waals surface area contributed by atoms with Crippen LogP contribution in [-0.2, 0) is 13.1 Å². The maximum absolute atomic E-state index is 14.0. The first kappa shape index (κ1) is 20.4. The molecule has 0 unspecified atom stereocenters. The topological polar surface area (TPSA) is 121 Å². The van der Waals surface area contributed by atoms with Crippen LogP contribution in [0.15, 0.2) is 45.8 Å². The Labute approximate surface area is 190 Å². The number of hydrogen-bond donors (Lipinski definition) is 2. The van der Waals surface area contributed by atoms with E-state index in [0.29, 0.717) is 40.9 Å². The molecule has 0 saturated heterocycles. The number of furan rings is 1. The number of halogens is 2. The highest BCUT2D eigenvalue weighted by molar-refractivity contribution is 5.88. The van der Waals surface area contributed by atoms with Crippen molar-refractivity contribution in [1.29, 1.82) is 0 Å². The molecule has 1 aromatic carbocycles. The van der Waals surface area contributed by atoms with Crippen molar-refractivity contribution < 1.29 is 13.2 Å². The van der Waals surface area contributed by atoms with E-state index in [4.69, 9.17) is 10.2 Å². The average molecular weight is 466 g/mol. The Morgan fingerprint density at radius 1 is 1.15 bits per heavy atom. The molecular formula is C22H20F2N8O2. The smallest absolute Gasteiger partial charge is 0.330 e. The maximum atomic E-state index is 14.0. The highest BCUT2D eigenvalue weighted by Gasteiger charge is 2.28. The number of nitrogens with two attached hydrogens (primary N) is 1. The number of anilines is 2. The SMILES string of the molecule is Nc1nc2c(c3nc(-c4ccco4)nn13)n(CC1CC1)c(=O)n2CCNc1ccc(F)cc1F. The minimum Gasteiger partial charge on any atom is -0.461 e. The molecule has 1 aliphatic carbocycles. The molecule has 4 aromatic heterocycles. The Balaban J connectivity index is 1.43. The van der Waals surface area contributed by atoms with Crippen LogP contribution in [0.5, 0.6) is 0 Å². The van der Waals surface area contributed by atoms with Gasteiger partial charge in [0.25, 0.3) is 0 Å². The molecule has 0 atom stereocenters. The largest absolute Gasteiger partial charge is 0.461 e. The second-order valence-electron chi connectivity index (χ2n) is 8.33. The third-order valence-electron chi connectivity index (χ3n) is 5.92. The summed E-state index contributed by atoms with van der Waals surface area (Å²) < 4.78 is 37.1. The molecule has 0 radical (unpaired) electrons. The summed E-state index contributed by atoms with van der Waals surface area (Å²) in [6.07, 6.45) is 3.62. The minimum atomic E-state index is -0.707. The average Bonchev–Trinajstić information content (AvgIpc) is 3.19. The van der Waals surface area contributed by atoms with E-state index in [1.54, 1.807) is 16.7 Å². The Morgan fingerprint density at radius 2 is 2.00 bits per heavy atom. The van der Waals surface area contributed by atoms with Gasteiger partial charge in [-0.2, -0.15) is 9.50 Å². The van der Waals surface area contributed by atoms with Crippen LogP contribution in [-0.4, -0.2) is 35.3 Å². The van der Waals surface area contributed by atoms with E-state index in [1.807, 2.05) is 0 Å². The highest BCUT2D eigenvalue weighted by atomic mass is 19.1. The lowest BCUT2D eigenvalue weighted by molar-refractivity contribution is 0.577. The fourth-order valence-corrected chi connectivity index (χ4v) is 4.07. The van der Waals surface area contributed by atoms with Gasteiger partial charge in [0.05, 0.1) is 12.0 Å². The zero-order chi connectivity index (χ0) is 23.4. The number of fused-ring (bicyclic) bond motifs is 3. The third kappa shape index (κ3) is 3.38. The molecule has 5 aromatic rings. The third-order valence-corrected chi connectivity index (χ3v) is 5.92. The molecule has 10 nitrogen and oxygen atoms in total. The summed E-state index contributed by atoms with van der Waals surface area (Å²) in [5.74, 6) is -0.0827. The number of imidazole rings is 1. The van der Waals surface area contributed by atoms with Crippen LogP contribution in [0.3, 0.4) is 0 Å². The molecule has 1 fully saturated rings. The van der Waals surface area contributed by atoms with Crippen molar-refractivity contribution in [1.82, 2.24) is 28.7 Å². The molecule has 1 saturated carbocycles. The summed E-state index contributed by atoms with van der Waals surface area (Å²) in [4.78, 5) is 22.5. The normalized spacial score (nSPS) is 13.8. The van der Waals surface area contributed by atoms with E-state index < -0.39 is 11.6 Å². The number of nitrogen functional groups attached to an aromatic ring is 1. The molecule has 0 spiro atoms. The van der Waals surface area contributed by atoms with Gasteiger partial charge in [-0.05, 0) is 43.0 Å². The number of benzene rings is 1. The molecule has 0 bridgehead atoms. The predicted octanol–water partition coefficient (Wildman–Crippen LogP) is 2.88. The summed E-state index contributed by atoms with van der Waals surface area (Å²) in [5, 5.41) is 7.32. The maximum Gasteiger partial charge on any atom is 0.330 e. The van der Waals surface area contributed by atoms with Gasteiger partial charge in [-0.3, -0.25) is 9.13 Å². The zero-order valence-electron chi connectivity index (χ0n) is 17.9. The molecule has 0 aliphatic heterocycles. The lowest BCUT2D eigenvalue weighted by atomic mass is 10.3. The van der Waals surface area contributed by atoms with E-state index in [-0.39, 0.29) is 30.4 Å². The number of nitrogens with one attached hydrogen (secondary N) is 1. The highest BCUT2D eigenvalue weighted by Crippen LogP contribution is 2.32. The van der Waals surface area contributed by atoms with Crippen molar-refractivity contribution in [2.45, 2.75) is 25.9 Å². The molecular weight excluding hydrogens is 446 g/mol. The summed E-state index contributed by atoms with van der Waals surface area (Å²) in [6, 6.07) is 6.75. The quantitative estimate of drug-likeness (QED) is 0.378. The lowest BCUT2D eigenvalue weighted by Gasteiger charge is -2.08. The Kier molecular flexibility index (Phi) is 4.61. The summed E-state index contributed by atoms with van der Waals surface area (Å²) >= 11 is 0. The summed E-state index contributed by atoms with van der Waals surface area (Å²) in [6.45, 7) is 0.931. The van der Waals surface area contributed by atoms with Crippen LogP contribution in [0.4, 0.5) is 20.4 Å². The molecule has 6 rings (SSSR count). The number of hydrogen-bond acceptors (Lipinski definition) is 7. The Hall–Kier alpha value is -4.22. The zero-order valence-corrected chi connectivity index (χ0v) is 17.9. The standard InChI is InChI=1S/C22H20F2N8O2/c23-13-5-6-15(14(24)10-13)26-7-8-30-19-17(31(22(30)33)11-12-3-4-12)20-27-18(16-2-1-9-34-16)29-32(20)21(25)28-19/h1-2,5-6,9-10,12,26H,3-4,7-8,11H2,(H2,25,28). The first-order valence-corrected chi connectivity index (χ1v) is 10.9. The summed E-state index contributed by atoms with van der Waals surface area (Å²) in [5.41, 5.74) is 7.37. The van der Waals surface area contributed by atoms with Crippen LogP contribution in [0.2, 0.25) is 0 Å². The fourth-order valence-electron chi connectivity index (χ4n) is 4.07. The second kappa shape index (κ2) is 7.68. The van der Waals surface area contributed by atoms with Gasteiger partial charge >= 0.3 is 5.69 Å². The molecule has 174 valence electrons. The first-order valence-electron chi connectivity index (χ1n) is 10.9. The Morgan fingerprint density at radius 3 is 2.74 bits per heavy atom. The predicted molar refractivity (Wildman–Crippen MR) is 120 cm³/mol. The summed E-state index contributed by atoms with van der Waals surface area (Å²) in [7, 11) is 0. The van der Waals surface area contributed by atoms with E-state index in [0.717, 1.165) is 18.9 Å². The van der Waals surface area contributed by atoms with Gasteiger partial charge < -0.3 is 15.5 Å². The van der Waals surface area contributed by atoms with Crippen molar-refractivity contribution in [2.75, 3.05) is 17.6 Å². The number of nitrogens with zero attached hydrogens (tertiary/aromatic N) is 6. The van der Waals surface area contributed by atoms with Crippen molar-refractivity contribution in [2.24, 2.45) is 5.92 Å². The molecule has 3 N–H and O–H groups in total. The minimum absolute atomic E-state index is 0.0719. The monoisotopic (exact) mass is 466 g/mol. The van der Waals surface area contributed by atoms with Crippen LogP contribution in [0, 0.1) is 17.6 Å². The van der Waals surface area contributed by atoms with Gasteiger partial charge in [0.15, 0.2) is 17.1 Å². The van der Waals surface area contributed by atoms with Crippen molar-refractivity contribution in [3.63, 3.8) is 0 Å². The van der Waals surface area contributed by atoms with Gasteiger partial charge in [-0.25, -0.2) is 18.6 Å². The van der Waals surface area contributed by atoms with Crippen LogP contribution in [0.1, 0.15) is 12.8 Å². The van der Waals surface area contributed by atoms with Gasteiger partial charge in [0, 0.05) is 25.7 Å². The number of rotatable bonds is 7. The molecule has 0 amide bonds. The van der Waals surface area contributed by atoms with Gasteiger partial charge in [0.1, 0.15) is 17.2 Å². The Bertz CT molecular complexity index is 1580. The van der Waals surface area contributed by atoms with E-state index in [9.17, 15) is 13.6 Å². The van der Waals surface area contributed by atoms with Crippen molar-refractivity contribution in [3.05, 3.63) is 58.7 Å². The van der Waals surface area contributed by atoms with Crippen LogP contribution >= 0.6 is 0 Å². The van der Waals surface area contributed by atoms with Gasteiger partial charge in [-0.15, -0.1) is 5.10 Å². The number of aromatic nitrogens is 6. The molecule has 4 heterocycles.